The van der Waals surface area contributed by atoms with E-state index in [4.69, 9.17) is 4.74 Å². The zero-order chi connectivity index (χ0) is 21.0. The second-order valence-electron chi connectivity index (χ2n) is 8.03. The molecule has 2 aromatic heterocycles. The fourth-order valence-corrected chi connectivity index (χ4v) is 4.96. The van der Waals surface area contributed by atoms with Gasteiger partial charge in [-0.3, -0.25) is 9.69 Å². The number of thiazole rings is 1. The average molecular weight is 439 g/mol. The third kappa shape index (κ3) is 4.62. The molecule has 2 aliphatic rings. The number of nitrogens with zero attached hydrogens (tertiary/aromatic N) is 6. The van der Waals surface area contributed by atoms with Crippen LogP contribution in [-0.2, 0) is 0 Å². The Morgan fingerprint density at radius 3 is 2.52 bits per heavy atom. The summed E-state index contributed by atoms with van der Waals surface area (Å²) in [5.74, 6) is -0.0313. The van der Waals surface area contributed by atoms with Crippen molar-refractivity contribution in [2.75, 3.05) is 26.2 Å². The fourth-order valence-electron chi connectivity index (χ4n) is 4.41. The molecule has 4 heterocycles. The first-order valence-corrected chi connectivity index (χ1v) is 11.7. The summed E-state index contributed by atoms with van der Waals surface area (Å²) >= 11 is 1.55. The van der Waals surface area contributed by atoms with E-state index in [1.165, 1.54) is 4.80 Å². The summed E-state index contributed by atoms with van der Waals surface area (Å²) in [5, 5.41) is 11.4. The summed E-state index contributed by atoms with van der Waals surface area (Å²) in [6.45, 7) is 3.61. The summed E-state index contributed by atoms with van der Waals surface area (Å²) in [7, 11) is 0. The van der Waals surface area contributed by atoms with Crippen LogP contribution in [0.1, 0.15) is 36.2 Å². The normalized spacial score (nSPS) is 18.9. The summed E-state index contributed by atoms with van der Waals surface area (Å²) in [6.07, 6.45) is 7.66. The molecule has 3 aromatic rings. The van der Waals surface area contributed by atoms with Crippen LogP contribution in [0.3, 0.4) is 0 Å². The highest BCUT2D eigenvalue weighted by atomic mass is 32.1. The minimum atomic E-state index is -0.0313. The third-order valence-electron chi connectivity index (χ3n) is 6.12. The maximum Gasteiger partial charge on any atom is 0.276 e. The Morgan fingerprint density at radius 1 is 1.03 bits per heavy atom. The molecular formula is C22H26N6O2S. The number of carbonyl (C=O) groups excluding carboxylic acids is 1. The van der Waals surface area contributed by atoms with Crippen LogP contribution >= 0.6 is 11.3 Å². The zero-order valence-corrected chi connectivity index (χ0v) is 18.2. The number of hydrogen-bond acceptors (Lipinski definition) is 7. The molecule has 9 heteroatoms. The molecular weight excluding hydrogens is 412 g/mol. The Bertz CT molecular complexity index is 977. The van der Waals surface area contributed by atoms with Crippen molar-refractivity contribution >= 4 is 17.2 Å². The van der Waals surface area contributed by atoms with Crippen molar-refractivity contribution in [1.29, 1.82) is 0 Å². The van der Waals surface area contributed by atoms with Gasteiger partial charge in [0.05, 0.1) is 11.9 Å². The van der Waals surface area contributed by atoms with E-state index in [9.17, 15) is 4.79 Å². The van der Waals surface area contributed by atoms with Gasteiger partial charge in [-0.1, -0.05) is 29.5 Å². The number of aromatic nitrogens is 4. The number of ether oxygens (including phenoxy) is 1. The van der Waals surface area contributed by atoms with Crippen LogP contribution < -0.4 is 4.74 Å². The standard InChI is InChI=1S/C22H26N6O2S/c29-21(20-16-24-28(25-20)18-4-2-1-3-5-18)27-11-6-17(7-12-27)26-13-8-19(9-14-26)30-22-23-10-15-31-22/h1-5,10,15-17,19H,6-9,11-14H2. The lowest BCUT2D eigenvalue weighted by Gasteiger charge is -2.41. The maximum atomic E-state index is 12.9. The van der Waals surface area contributed by atoms with Crippen molar-refractivity contribution < 1.29 is 9.53 Å². The predicted octanol–water partition coefficient (Wildman–Crippen LogP) is 2.87. The Balaban J connectivity index is 1.11. The van der Waals surface area contributed by atoms with E-state index in [1.807, 2.05) is 40.6 Å². The maximum absolute atomic E-state index is 12.9. The van der Waals surface area contributed by atoms with E-state index in [0.29, 0.717) is 11.7 Å². The minimum absolute atomic E-state index is 0.0313. The van der Waals surface area contributed by atoms with Crippen LogP contribution in [0.2, 0.25) is 0 Å². The molecule has 1 amide bonds. The van der Waals surface area contributed by atoms with Crippen LogP contribution in [0, 0.1) is 0 Å². The number of carbonyl (C=O) groups is 1. The van der Waals surface area contributed by atoms with E-state index in [0.717, 1.165) is 62.7 Å². The molecule has 1 aromatic carbocycles. The molecule has 162 valence electrons. The van der Waals surface area contributed by atoms with Gasteiger partial charge in [-0.15, -0.1) is 5.10 Å². The van der Waals surface area contributed by atoms with Crippen molar-refractivity contribution in [2.45, 2.75) is 37.8 Å². The Kier molecular flexibility index (Phi) is 5.95. The lowest BCUT2D eigenvalue weighted by Crippen LogP contribution is -2.50. The Morgan fingerprint density at radius 2 is 1.81 bits per heavy atom. The van der Waals surface area contributed by atoms with Crippen LogP contribution in [-0.4, -0.2) is 74.0 Å². The molecule has 5 rings (SSSR count). The minimum Gasteiger partial charge on any atom is -0.467 e. The van der Waals surface area contributed by atoms with Crippen LogP contribution in [0.25, 0.3) is 5.69 Å². The van der Waals surface area contributed by atoms with E-state index >= 15 is 0 Å². The predicted molar refractivity (Wildman–Crippen MR) is 118 cm³/mol. The molecule has 0 aliphatic carbocycles. The van der Waals surface area contributed by atoms with Crippen molar-refractivity contribution in [2.24, 2.45) is 0 Å². The van der Waals surface area contributed by atoms with Crippen molar-refractivity contribution in [1.82, 2.24) is 29.8 Å². The Hall–Kier alpha value is -2.78. The van der Waals surface area contributed by atoms with E-state index in [2.05, 4.69) is 20.1 Å². The van der Waals surface area contributed by atoms with Gasteiger partial charge in [0, 0.05) is 43.8 Å². The molecule has 0 radical (unpaired) electrons. The smallest absolute Gasteiger partial charge is 0.276 e. The number of benzene rings is 1. The monoisotopic (exact) mass is 438 g/mol. The molecule has 0 atom stereocenters. The average Bonchev–Trinajstić information content (AvgIpc) is 3.52. The number of amides is 1. The van der Waals surface area contributed by atoms with E-state index < -0.39 is 0 Å². The molecule has 8 nitrogen and oxygen atoms in total. The van der Waals surface area contributed by atoms with Gasteiger partial charge in [-0.25, -0.2) is 4.98 Å². The van der Waals surface area contributed by atoms with Gasteiger partial charge in [-0.05, 0) is 37.8 Å². The molecule has 2 aliphatic heterocycles. The zero-order valence-electron chi connectivity index (χ0n) is 17.3. The Labute approximate surface area is 185 Å². The van der Waals surface area contributed by atoms with Crippen molar-refractivity contribution in [3.05, 3.63) is 53.8 Å². The topological polar surface area (TPSA) is 76.4 Å². The van der Waals surface area contributed by atoms with Gasteiger partial charge in [-0.2, -0.15) is 9.90 Å². The van der Waals surface area contributed by atoms with Crippen LogP contribution in [0.15, 0.2) is 48.1 Å². The first kappa shape index (κ1) is 20.1. The molecule has 0 spiro atoms. The molecule has 2 fully saturated rings. The van der Waals surface area contributed by atoms with Gasteiger partial charge < -0.3 is 9.64 Å². The number of rotatable bonds is 5. The number of piperidine rings is 2. The molecule has 2 saturated heterocycles. The largest absolute Gasteiger partial charge is 0.467 e. The van der Waals surface area contributed by atoms with Crippen molar-refractivity contribution in [3.63, 3.8) is 0 Å². The second kappa shape index (κ2) is 9.15. The summed E-state index contributed by atoms with van der Waals surface area (Å²) in [4.78, 5) is 23.1. The number of para-hydroxylation sites is 1. The highest BCUT2D eigenvalue weighted by Crippen LogP contribution is 2.25. The highest BCUT2D eigenvalue weighted by molar-refractivity contribution is 7.11. The van der Waals surface area contributed by atoms with Gasteiger partial charge >= 0.3 is 0 Å². The fraction of sp³-hybridized carbons (Fsp3) is 0.455. The van der Waals surface area contributed by atoms with Gasteiger partial charge in [0.2, 0.25) is 0 Å². The van der Waals surface area contributed by atoms with Gasteiger partial charge in [0.1, 0.15) is 6.10 Å². The molecule has 31 heavy (non-hydrogen) atoms. The number of likely N-dealkylation sites (tertiary alicyclic amines) is 2. The molecule has 0 saturated carbocycles. The van der Waals surface area contributed by atoms with E-state index in [-0.39, 0.29) is 12.0 Å². The third-order valence-corrected chi connectivity index (χ3v) is 6.78. The van der Waals surface area contributed by atoms with E-state index in [1.54, 1.807) is 23.7 Å². The highest BCUT2D eigenvalue weighted by Gasteiger charge is 2.31. The van der Waals surface area contributed by atoms with Gasteiger partial charge in [0.15, 0.2) is 5.69 Å². The molecule has 0 bridgehead atoms. The molecule has 0 unspecified atom stereocenters. The molecule has 0 N–H and O–H groups in total. The van der Waals surface area contributed by atoms with Gasteiger partial charge in [0.25, 0.3) is 11.1 Å². The van der Waals surface area contributed by atoms with Crippen molar-refractivity contribution in [3.8, 4) is 10.9 Å². The first-order chi connectivity index (χ1) is 15.3. The van der Waals surface area contributed by atoms with Crippen LogP contribution in [0.5, 0.6) is 5.19 Å². The second-order valence-corrected chi connectivity index (χ2v) is 8.89. The summed E-state index contributed by atoms with van der Waals surface area (Å²) in [5.41, 5.74) is 1.25. The van der Waals surface area contributed by atoms with Crippen LogP contribution in [0.4, 0.5) is 0 Å². The summed E-state index contributed by atoms with van der Waals surface area (Å²) in [6, 6.07) is 10.2. The lowest BCUT2D eigenvalue weighted by atomic mass is 9.98. The lowest BCUT2D eigenvalue weighted by molar-refractivity contribution is 0.0422. The first-order valence-electron chi connectivity index (χ1n) is 10.8. The quantitative estimate of drug-likeness (QED) is 0.610. The number of hydrogen-bond donors (Lipinski definition) is 0. The SMILES string of the molecule is O=C(c1cnn(-c2ccccc2)n1)N1CCC(N2CCC(Oc3nccs3)CC2)CC1. The summed E-state index contributed by atoms with van der Waals surface area (Å²) < 4.78 is 5.98.